The monoisotopic (exact) mass is 441 g/mol. The largest absolute Gasteiger partial charge is 0.369 e. The van der Waals surface area contributed by atoms with E-state index in [1.807, 2.05) is 72.8 Å². The number of nitrogens with zero attached hydrogens (tertiary/aromatic N) is 2. The molecule has 1 heterocycles. The zero-order chi connectivity index (χ0) is 23.6. The number of rotatable bonds is 5. The number of nitrogens with two attached hydrogens (primary N) is 1. The van der Waals surface area contributed by atoms with Gasteiger partial charge in [-0.1, -0.05) is 63.2 Å². The Kier molecular flexibility index (Phi) is 5.87. The second-order valence-electron chi connectivity index (χ2n) is 8.99. The number of anilines is 2. The van der Waals surface area contributed by atoms with Gasteiger partial charge in [-0.25, -0.2) is 9.48 Å². The van der Waals surface area contributed by atoms with E-state index in [1.165, 1.54) is 0 Å². The van der Waals surface area contributed by atoms with E-state index in [4.69, 9.17) is 10.8 Å². The number of amides is 3. The number of hydrogen-bond acceptors (Lipinski definition) is 3. The van der Waals surface area contributed by atoms with Gasteiger partial charge in [0.25, 0.3) is 0 Å². The van der Waals surface area contributed by atoms with Crippen molar-refractivity contribution >= 4 is 34.2 Å². The van der Waals surface area contributed by atoms with Gasteiger partial charge in [-0.3, -0.25) is 10.1 Å². The summed E-state index contributed by atoms with van der Waals surface area (Å²) in [5, 5.41) is 12.5. The number of hydrogen-bond donors (Lipinski definition) is 3. The lowest BCUT2D eigenvalue weighted by molar-refractivity contribution is -0.117. The van der Waals surface area contributed by atoms with Crippen LogP contribution in [0.15, 0.2) is 72.8 Å². The quantitative estimate of drug-likeness (QED) is 0.406. The van der Waals surface area contributed by atoms with E-state index in [1.54, 1.807) is 4.68 Å². The molecule has 0 unspecified atom stereocenters. The summed E-state index contributed by atoms with van der Waals surface area (Å²) in [5.74, 6) is 0.113. The van der Waals surface area contributed by atoms with Crippen molar-refractivity contribution in [1.82, 2.24) is 9.78 Å². The summed E-state index contributed by atoms with van der Waals surface area (Å²) >= 11 is 0. The predicted octanol–water partition coefficient (Wildman–Crippen LogP) is 4.99. The number of carbonyl (C=O) groups is 2. The number of para-hydroxylation sites is 1. The summed E-state index contributed by atoms with van der Waals surface area (Å²) in [6.07, 6.45) is 0.110. The van der Waals surface area contributed by atoms with Crippen LogP contribution in [-0.4, -0.2) is 21.7 Å². The number of urea groups is 1. The number of fused-ring (bicyclic) bond motifs is 1. The molecule has 3 aromatic carbocycles. The van der Waals surface area contributed by atoms with E-state index in [2.05, 4.69) is 31.4 Å². The molecule has 1 aromatic heterocycles. The highest BCUT2D eigenvalue weighted by molar-refractivity contribution is 5.99. The molecule has 0 atom stereocenters. The van der Waals surface area contributed by atoms with Crippen LogP contribution in [0.3, 0.4) is 0 Å². The van der Waals surface area contributed by atoms with Gasteiger partial charge in [0.2, 0.25) is 5.91 Å². The first-order chi connectivity index (χ1) is 15.7. The molecule has 0 bridgehead atoms. The molecule has 0 saturated heterocycles. The van der Waals surface area contributed by atoms with Crippen molar-refractivity contribution in [2.45, 2.75) is 32.6 Å². The number of carbonyl (C=O) groups excluding carboxylic acids is 2. The van der Waals surface area contributed by atoms with Gasteiger partial charge in [0.1, 0.15) is 5.82 Å². The second kappa shape index (κ2) is 8.78. The molecular weight excluding hydrogens is 414 g/mol. The lowest BCUT2D eigenvalue weighted by Crippen LogP contribution is -2.21. The Hall–Kier alpha value is -4.13. The third-order valence-corrected chi connectivity index (χ3v) is 5.29. The van der Waals surface area contributed by atoms with Gasteiger partial charge in [0.15, 0.2) is 0 Å². The molecule has 4 rings (SSSR count). The first-order valence-corrected chi connectivity index (χ1v) is 10.7. The number of benzene rings is 3. The minimum Gasteiger partial charge on any atom is -0.369 e. The van der Waals surface area contributed by atoms with Crippen LogP contribution in [0.25, 0.3) is 16.5 Å². The summed E-state index contributed by atoms with van der Waals surface area (Å²) in [6.45, 7) is 6.19. The fourth-order valence-electron chi connectivity index (χ4n) is 3.66. The Balaban J connectivity index is 1.78. The first-order valence-electron chi connectivity index (χ1n) is 10.7. The summed E-state index contributed by atoms with van der Waals surface area (Å²) in [4.78, 5) is 24.4. The average Bonchev–Trinajstić information content (AvgIpc) is 3.18. The highest BCUT2D eigenvalue weighted by atomic mass is 16.2. The van der Waals surface area contributed by atoms with Crippen molar-refractivity contribution in [1.29, 1.82) is 0 Å². The summed E-state index contributed by atoms with van der Waals surface area (Å²) in [7, 11) is 0. The molecule has 0 aliphatic rings. The van der Waals surface area contributed by atoms with Crippen LogP contribution in [0.4, 0.5) is 16.3 Å². The third-order valence-electron chi connectivity index (χ3n) is 5.29. The van der Waals surface area contributed by atoms with Gasteiger partial charge in [-0.2, -0.15) is 5.10 Å². The molecule has 0 spiro atoms. The molecule has 7 heteroatoms. The average molecular weight is 442 g/mol. The van der Waals surface area contributed by atoms with Crippen LogP contribution in [-0.2, 0) is 16.6 Å². The zero-order valence-corrected chi connectivity index (χ0v) is 18.9. The molecule has 33 heavy (non-hydrogen) atoms. The van der Waals surface area contributed by atoms with Crippen LogP contribution in [0, 0.1) is 0 Å². The molecule has 4 aromatic rings. The van der Waals surface area contributed by atoms with Crippen LogP contribution in [0.5, 0.6) is 0 Å². The topological polar surface area (TPSA) is 102 Å². The van der Waals surface area contributed by atoms with Crippen molar-refractivity contribution in [2.24, 2.45) is 5.73 Å². The maximum atomic E-state index is 12.7. The molecule has 0 aliphatic heterocycles. The molecule has 4 N–H and O–H groups in total. The van der Waals surface area contributed by atoms with E-state index < -0.39 is 5.91 Å². The fourth-order valence-corrected chi connectivity index (χ4v) is 3.66. The van der Waals surface area contributed by atoms with Crippen molar-refractivity contribution in [3.05, 3.63) is 84.1 Å². The molecular formula is C26H27N5O2. The van der Waals surface area contributed by atoms with Gasteiger partial charge in [-0.15, -0.1) is 0 Å². The van der Waals surface area contributed by atoms with Crippen molar-refractivity contribution in [3.8, 4) is 5.69 Å². The van der Waals surface area contributed by atoms with E-state index in [0.29, 0.717) is 11.5 Å². The van der Waals surface area contributed by atoms with Gasteiger partial charge in [-0.05, 0) is 40.6 Å². The van der Waals surface area contributed by atoms with Crippen LogP contribution in [0.1, 0.15) is 32.0 Å². The number of primary amides is 1. The summed E-state index contributed by atoms with van der Waals surface area (Å²) in [6, 6.07) is 22.4. The smallest absolute Gasteiger partial charge is 0.324 e. The molecule has 168 valence electrons. The lowest BCUT2D eigenvalue weighted by atomic mass is 9.92. The van der Waals surface area contributed by atoms with Gasteiger partial charge >= 0.3 is 6.03 Å². The molecule has 0 saturated carbocycles. The molecule has 0 radical (unpaired) electrons. The van der Waals surface area contributed by atoms with Crippen LogP contribution < -0.4 is 16.4 Å². The normalized spacial score (nSPS) is 11.4. The Labute approximate surface area is 192 Å². The number of aromatic nitrogens is 2. The predicted molar refractivity (Wildman–Crippen MR) is 132 cm³/mol. The Bertz CT molecular complexity index is 1320. The van der Waals surface area contributed by atoms with Gasteiger partial charge < -0.3 is 11.1 Å². The van der Waals surface area contributed by atoms with Crippen LogP contribution in [0.2, 0.25) is 0 Å². The maximum absolute atomic E-state index is 12.7. The maximum Gasteiger partial charge on any atom is 0.324 e. The fraction of sp³-hybridized carbons (Fsp3) is 0.192. The van der Waals surface area contributed by atoms with E-state index in [0.717, 1.165) is 27.7 Å². The minimum atomic E-state index is -0.409. The first kappa shape index (κ1) is 22.1. The highest BCUT2D eigenvalue weighted by Gasteiger charge is 2.22. The Morgan fingerprint density at radius 3 is 2.33 bits per heavy atom. The third kappa shape index (κ3) is 5.03. The lowest BCUT2D eigenvalue weighted by Gasteiger charge is -2.15. The van der Waals surface area contributed by atoms with Crippen molar-refractivity contribution in [3.63, 3.8) is 0 Å². The van der Waals surface area contributed by atoms with E-state index >= 15 is 0 Å². The zero-order valence-electron chi connectivity index (χ0n) is 18.9. The second-order valence-corrected chi connectivity index (χ2v) is 8.99. The SMILES string of the molecule is CC(C)(C)c1cc(NC(=O)Nc2ccccc2)n(-c2cc(CC(N)=O)c3ccccc3c2)n1. The molecule has 3 amide bonds. The Morgan fingerprint density at radius 2 is 1.64 bits per heavy atom. The summed E-state index contributed by atoms with van der Waals surface area (Å²) < 4.78 is 1.70. The van der Waals surface area contributed by atoms with Crippen LogP contribution >= 0.6 is 0 Å². The molecule has 0 aliphatic carbocycles. The highest BCUT2D eigenvalue weighted by Crippen LogP contribution is 2.29. The van der Waals surface area contributed by atoms with Crippen molar-refractivity contribution < 1.29 is 9.59 Å². The molecule has 0 fully saturated rings. The Morgan fingerprint density at radius 1 is 0.939 bits per heavy atom. The van der Waals surface area contributed by atoms with Gasteiger partial charge in [0, 0.05) is 17.2 Å². The molecule has 7 nitrogen and oxygen atoms in total. The standard InChI is InChI=1S/C26H27N5O2/c1-26(2,3)22-16-24(29-25(33)28-19-10-5-4-6-11-19)31(30-22)20-13-17-9-7-8-12-21(17)18(14-20)15-23(27)32/h4-14,16H,15H2,1-3H3,(H2,27,32)(H2,28,29,33). The summed E-state index contributed by atoms with van der Waals surface area (Å²) in [5.41, 5.74) is 8.32. The van der Waals surface area contributed by atoms with E-state index in [-0.39, 0.29) is 17.9 Å². The van der Waals surface area contributed by atoms with Crippen molar-refractivity contribution in [2.75, 3.05) is 10.6 Å². The van der Waals surface area contributed by atoms with Gasteiger partial charge in [0.05, 0.1) is 17.8 Å². The van der Waals surface area contributed by atoms with E-state index in [9.17, 15) is 9.59 Å². The number of nitrogens with one attached hydrogen (secondary N) is 2. The minimum absolute atomic E-state index is 0.110.